The highest BCUT2D eigenvalue weighted by molar-refractivity contribution is 5.89. The lowest BCUT2D eigenvalue weighted by atomic mass is 10.1. The molecule has 0 radical (unpaired) electrons. The van der Waals surface area contributed by atoms with Crippen LogP contribution in [0.2, 0.25) is 0 Å². The summed E-state index contributed by atoms with van der Waals surface area (Å²) < 4.78 is 12.9. The average molecular weight is 360 g/mol. The Balaban J connectivity index is 1.61. The summed E-state index contributed by atoms with van der Waals surface area (Å²) in [7, 11) is 0. The number of benzene rings is 2. The van der Waals surface area contributed by atoms with Crippen LogP contribution in [0.15, 0.2) is 76.2 Å². The summed E-state index contributed by atoms with van der Waals surface area (Å²) in [6, 6.07) is 16.8. The van der Waals surface area contributed by atoms with Crippen molar-refractivity contribution < 1.29 is 18.5 Å². The highest BCUT2D eigenvalue weighted by Crippen LogP contribution is 2.19. The van der Waals surface area contributed by atoms with E-state index in [2.05, 4.69) is 0 Å². The fourth-order valence-corrected chi connectivity index (χ4v) is 3.03. The van der Waals surface area contributed by atoms with E-state index in [-0.39, 0.29) is 18.0 Å². The molecule has 5 heteroatoms. The third kappa shape index (κ3) is 3.58. The number of ether oxygens (including phenoxy) is 1. The van der Waals surface area contributed by atoms with E-state index in [9.17, 15) is 9.59 Å². The Bertz CT molecular complexity index is 1190. The predicted molar refractivity (Wildman–Crippen MR) is 101 cm³/mol. The van der Waals surface area contributed by atoms with Gasteiger partial charge in [0.25, 0.3) is 0 Å². The van der Waals surface area contributed by atoms with Crippen LogP contribution in [0.5, 0.6) is 0 Å². The van der Waals surface area contributed by atoms with E-state index >= 15 is 0 Å². The minimum Gasteiger partial charge on any atom is -0.461 e. The molecule has 2 heterocycles. The fourth-order valence-electron chi connectivity index (χ4n) is 3.03. The van der Waals surface area contributed by atoms with Gasteiger partial charge < -0.3 is 9.15 Å². The lowest BCUT2D eigenvalue weighted by molar-refractivity contribution is -0.688. The normalized spacial score (nSPS) is 11.0. The van der Waals surface area contributed by atoms with Gasteiger partial charge in [0.15, 0.2) is 18.9 Å². The van der Waals surface area contributed by atoms with Crippen molar-refractivity contribution in [2.24, 2.45) is 0 Å². The first-order valence-electron chi connectivity index (χ1n) is 8.66. The molecule has 0 N–H and O–H groups in total. The second kappa shape index (κ2) is 7.03. The van der Waals surface area contributed by atoms with Gasteiger partial charge in [0, 0.05) is 30.2 Å². The van der Waals surface area contributed by atoms with Crippen molar-refractivity contribution in [3.05, 3.63) is 88.3 Å². The van der Waals surface area contributed by atoms with Crippen LogP contribution in [-0.4, -0.2) is 5.97 Å². The van der Waals surface area contributed by atoms with Gasteiger partial charge in [0.05, 0.1) is 10.8 Å². The first-order chi connectivity index (χ1) is 13.1. The second-order valence-electron chi connectivity index (χ2n) is 6.42. The molecule has 4 aromatic rings. The molecule has 0 unspecified atom stereocenters. The van der Waals surface area contributed by atoms with Crippen molar-refractivity contribution in [2.45, 2.75) is 20.1 Å². The Morgan fingerprint density at radius 1 is 0.963 bits per heavy atom. The summed E-state index contributed by atoms with van der Waals surface area (Å²) in [5.41, 5.74) is 3.12. The summed E-state index contributed by atoms with van der Waals surface area (Å²) in [4.78, 5) is 23.5. The van der Waals surface area contributed by atoms with Gasteiger partial charge in [-0.3, -0.25) is 9.59 Å². The van der Waals surface area contributed by atoms with Gasteiger partial charge >= 0.3 is 5.97 Å². The van der Waals surface area contributed by atoms with Crippen molar-refractivity contribution in [1.29, 1.82) is 0 Å². The van der Waals surface area contributed by atoms with Gasteiger partial charge in [-0.15, -0.1) is 0 Å². The van der Waals surface area contributed by atoms with Crippen molar-refractivity contribution >= 4 is 27.9 Å². The number of carbonyl (C=O) groups is 1. The van der Waals surface area contributed by atoms with Gasteiger partial charge in [-0.25, -0.2) is 4.57 Å². The molecule has 0 aliphatic rings. The van der Waals surface area contributed by atoms with Gasteiger partial charge in [0.2, 0.25) is 5.43 Å². The summed E-state index contributed by atoms with van der Waals surface area (Å²) in [6.07, 6.45) is 3.86. The molecular weight excluding hydrogens is 342 g/mol. The number of pyridine rings is 1. The molecule has 0 bridgehead atoms. The van der Waals surface area contributed by atoms with Crippen LogP contribution >= 0.6 is 0 Å². The summed E-state index contributed by atoms with van der Waals surface area (Å²) >= 11 is 0. The van der Waals surface area contributed by atoms with E-state index in [1.54, 1.807) is 12.1 Å². The van der Waals surface area contributed by atoms with Gasteiger partial charge in [-0.05, 0) is 24.3 Å². The maximum Gasteiger partial charge on any atom is 0.302 e. The van der Waals surface area contributed by atoms with Crippen LogP contribution < -0.4 is 10.00 Å². The van der Waals surface area contributed by atoms with Crippen LogP contribution in [0.1, 0.15) is 18.1 Å². The maximum absolute atomic E-state index is 12.6. The van der Waals surface area contributed by atoms with Crippen LogP contribution in [0, 0.1) is 0 Å². The first kappa shape index (κ1) is 17.0. The zero-order valence-corrected chi connectivity index (χ0v) is 14.8. The molecule has 0 amide bonds. The van der Waals surface area contributed by atoms with Gasteiger partial charge in [0.1, 0.15) is 17.8 Å². The lowest BCUT2D eigenvalue weighted by Gasteiger charge is -2.04. The third-order valence-corrected chi connectivity index (χ3v) is 4.41. The third-order valence-electron chi connectivity index (χ3n) is 4.41. The van der Waals surface area contributed by atoms with E-state index < -0.39 is 0 Å². The van der Waals surface area contributed by atoms with Crippen molar-refractivity contribution in [2.75, 3.05) is 0 Å². The van der Waals surface area contributed by atoms with Crippen LogP contribution in [0.25, 0.3) is 21.9 Å². The smallest absolute Gasteiger partial charge is 0.302 e. The fraction of sp³-hybridized carbons (Fsp3) is 0.136. The summed E-state index contributed by atoms with van der Waals surface area (Å²) in [5.74, 6) is -0.295. The van der Waals surface area contributed by atoms with E-state index in [4.69, 9.17) is 9.15 Å². The van der Waals surface area contributed by atoms with Crippen molar-refractivity contribution in [3.8, 4) is 0 Å². The van der Waals surface area contributed by atoms with Gasteiger partial charge in [-0.2, -0.15) is 0 Å². The molecule has 0 aliphatic heterocycles. The number of hydrogen-bond donors (Lipinski definition) is 0. The zero-order valence-electron chi connectivity index (χ0n) is 14.8. The molecule has 0 saturated heterocycles. The molecule has 0 aliphatic carbocycles. The predicted octanol–water partition coefficient (Wildman–Crippen LogP) is 3.35. The minimum atomic E-state index is -0.295. The minimum absolute atomic E-state index is 0.0131. The SMILES string of the molecule is CC(=O)OCc1cc[n+](Cc2ccc3c(=O)c4ccccc4oc3c2)cc1. The zero-order chi connectivity index (χ0) is 18.8. The highest BCUT2D eigenvalue weighted by Gasteiger charge is 2.10. The average Bonchev–Trinajstić information content (AvgIpc) is 2.67. The number of aromatic nitrogens is 1. The van der Waals surface area contributed by atoms with E-state index in [0.717, 1.165) is 11.1 Å². The number of rotatable bonds is 4. The van der Waals surface area contributed by atoms with E-state index in [1.807, 2.05) is 59.4 Å². The second-order valence-corrected chi connectivity index (χ2v) is 6.42. The number of esters is 1. The molecule has 0 atom stereocenters. The Morgan fingerprint density at radius 3 is 2.48 bits per heavy atom. The number of carbonyl (C=O) groups excluding carboxylic acids is 1. The maximum atomic E-state index is 12.6. The first-order valence-corrected chi connectivity index (χ1v) is 8.66. The Kier molecular flexibility index (Phi) is 4.42. The monoisotopic (exact) mass is 360 g/mol. The molecule has 2 aromatic heterocycles. The van der Waals surface area contributed by atoms with Crippen LogP contribution in [0.3, 0.4) is 0 Å². The highest BCUT2D eigenvalue weighted by atomic mass is 16.5. The molecule has 27 heavy (non-hydrogen) atoms. The van der Waals surface area contributed by atoms with Crippen LogP contribution in [-0.2, 0) is 22.7 Å². The molecule has 0 spiro atoms. The molecular formula is C22H18NO4+. The van der Waals surface area contributed by atoms with E-state index in [0.29, 0.717) is 28.5 Å². The quantitative estimate of drug-likeness (QED) is 0.318. The molecule has 0 saturated carbocycles. The number of nitrogens with zero attached hydrogens (tertiary/aromatic N) is 1. The van der Waals surface area contributed by atoms with Crippen molar-refractivity contribution in [1.82, 2.24) is 0 Å². The molecule has 0 fully saturated rings. The lowest BCUT2D eigenvalue weighted by Crippen LogP contribution is -2.33. The van der Waals surface area contributed by atoms with Gasteiger partial charge in [-0.1, -0.05) is 18.2 Å². The standard InChI is InChI=1S/C22H18NO4/c1-15(24)26-14-16-8-10-23(11-9-16)13-17-6-7-19-21(12-17)27-20-5-3-2-4-18(20)22(19)25/h2-12H,13-14H2,1H3/q+1. The topological polar surface area (TPSA) is 60.4 Å². The van der Waals surface area contributed by atoms with Crippen LogP contribution in [0.4, 0.5) is 0 Å². The molecule has 5 nitrogen and oxygen atoms in total. The number of fused-ring (bicyclic) bond motifs is 2. The molecule has 2 aromatic carbocycles. The number of hydrogen-bond acceptors (Lipinski definition) is 4. The number of para-hydroxylation sites is 1. The summed E-state index contributed by atoms with van der Waals surface area (Å²) in [6.45, 7) is 2.30. The summed E-state index contributed by atoms with van der Waals surface area (Å²) in [5, 5.41) is 1.18. The largest absolute Gasteiger partial charge is 0.461 e. The molecule has 4 rings (SSSR count). The van der Waals surface area contributed by atoms with E-state index in [1.165, 1.54) is 6.92 Å². The Morgan fingerprint density at radius 2 is 1.70 bits per heavy atom. The Labute approximate surface area is 155 Å². The Hall–Kier alpha value is -3.47. The van der Waals surface area contributed by atoms with Crippen molar-refractivity contribution in [3.63, 3.8) is 0 Å². The molecule has 134 valence electrons.